The average Bonchev–Trinajstić information content (AvgIpc) is 3.27. The van der Waals surface area contributed by atoms with Gasteiger partial charge in [-0.25, -0.2) is 0 Å². The molecule has 3 rings (SSSR count). The van der Waals surface area contributed by atoms with Crippen LogP contribution in [0.15, 0.2) is 36.4 Å². The molecule has 0 aromatic heterocycles. The number of carbonyl (C=O) groups is 1. The van der Waals surface area contributed by atoms with Crippen LogP contribution in [0.3, 0.4) is 0 Å². The van der Waals surface area contributed by atoms with Crippen LogP contribution in [0.2, 0.25) is 0 Å². The predicted octanol–water partition coefficient (Wildman–Crippen LogP) is 3.93. The highest BCUT2D eigenvalue weighted by molar-refractivity contribution is 6.21. The van der Waals surface area contributed by atoms with Crippen molar-refractivity contribution < 1.29 is 9.63 Å². The Morgan fingerprint density at radius 2 is 2.05 bits per heavy atom. The Bertz CT molecular complexity index is 582. The highest BCUT2D eigenvalue weighted by atomic mass is 16.7. The minimum Gasteiger partial charge on any atom is -0.282 e. The molecule has 1 saturated carbocycles. The Morgan fingerprint density at radius 1 is 1.32 bits per heavy atom. The number of allylic oxidation sites excluding steroid dienone is 1. The minimum absolute atomic E-state index is 0.126. The van der Waals surface area contributed by atoms with Crippen molar-refractivity contribution in [2.45, 2.75) is 39.0 Å². The lowest BCUT2D eigenvalue weighted by molar-refractivity contribution is -0.0559. The van der Waals surface area contributed by atoms with Crippen molar-refractivity contribution in [2.24, 2.45) is 5.41 Å². The number of hydrogen-bond donors (Lipinski definition) is 1. The zero-order valence-electron chi connectivity index (χ0n) is 13.0. The van der Waals surface area contributed by atoms with E-state index in [1.807, 2.05) is 12.1 Å². The number of nitrogens with zero attached hydrogens (tertiary/aromatic N) is 1. The Morgan fingerprint density at radius 3 is 2.68 bits per heavy atom. The van der Waals surface area contributed by atoms with E-state index < -0.39 is 0 Å². The summed E-state index contributed by atoms with van der Waals surface area (Å²) in [4.78, 5) is 17.7. The number of fused-ring (bicyclic) bond motifs is 1. The van der Waals surface area contributed by atoms with Gasteiger partial charge in [0, 0.05) is 5.56 Å². The quantitative estimate of drug-likeness (QED) is 0.775. The van der Waals surface area contributed by atoms with E-state index in [9.17, 15) is 4.79 Å². The number of benzene rings is 1. The van der Waals surface area contributed by atoms with Gasteiger partial charge in [0.2, 0.25) is 0 Å². The summed E-state index contributed by atoms with van der Waals surface area (Å²) in [6, 6.07) is 7.14. The smallest absolute Gasteiger partial charge is 0.282 e. The Balaban J connectivity index is 1.55. The number of unbranched alkanes of at least 4 members (excludes halogenated alkanes) is 1. The van der Waals surface area contributed by atoms with E-state index in [0.29, 0.717) is 23.1 Å². The van der Waals surface area contributed by atoms with E-state index in [0.717, 1.165) is 5.06 Å². The van der Waals surface area contributed by atoms with Gasteiger partial charge in [-0.15, -0.1) is 0 Å². The van der Waals surface area contributed by atoms with Crippen LogP contribution in [-0.4, -0.2) is 23.4 Å². The monoisotopic (exact) mass is 298 g/mol. The lowest BCUT2D eigenvalue weighted by atomic mass is 9.99. The molecule has 1 aliphatic heterocycles. The number of nitrogens with one attached hydrogen (secondary N) is 1. The van der Waals surface area contributed by atoms with Crippen molar-refractivity contribution in [3.63, 3.8) is 0 Å². The van der Waals surface area contributed by atoms with Crippen LogP contribution in [-0.2, 0) is 4.84 Å². The Labute approximate surface area is 131 Å². The van der Waals surface area contributed by atoms with Gasteiger partial charge in [0.1, 0.15) is 0 Å². The van der Waals surface area contributed by atoms with Gasteiger partial charge >= 0.3 is 0 Å². The summed E-state index contributed by atoms with van der Waals surface area (Å²) in [5, 5.41) is 9.13. The molecule has 1 amide bonds. The van der Waals surface area contributed by atoms with Crippen LogP contribution in [0.5, 0.6) is 0 Å². The second kappa shape index (κ2) is 6.05. The van der Waals surface area contributed by atoms with E-state index in [4.69, 9.17) is 10.2 Å². The van der Waals surface area contributed by atoms with Crippen LogP contribution in [0.1, 0.15) is 54.9 Å². The van der Waals surface area contributed by atoms with Gasteiger partial charge in [0.05, 0.1) is 12.2 Å². The minimum atomic E-state index is -0.249. The molecule has 0 bridgehead atoms. The molecule has 4 nitrogen and oxygen atoms in total. The summed E-state index contributed by atoms with van der Waals surface area (Å²) in [7, 11) is 0. The summed E-state index contributed by atoms with van der Waals surface area (Å²) in [6.45, 7) is 2.54. The number of rotatable bonds is 7. The van der Waals surface area contributed by atoms with Crippen molar-refractivity contribution in [3.8, 4) is 0 Å². The summed E-state index contributed by atoms with van der Waals surface area (Å²) in [5.74, 6) is -0.123. The second-order valence-electron chi connectivity index (χ2n) is 6.16. The molecular weight excluding hydrogens is 276 g/mol. The number of amides is 1. The van der Waals surface area contributed by atoms with E-state index in [-0.39, 0.29) is 11.7 Å². The van der Waals surface area contributed by atoms with Crippen LogP contribution >= 0.6 is 0 Å². The predicted molar refractivity (Wildman–Crippen MR) is 85.7 cm³/mol. The van der Waals surface area contributed by atoms with E-state index in [2.05, 4.69) is 13.0 Å². The van der Waals surface area contributed by atoms with Crippen molar-refractivity contribution in [2.75, 3.05) is 6.61 Å². The molecule has 0 radical (unpaired) electrons. The third-order valence-corrected chi connectivity index (χ3v) is 4.49. The molecule has 4 heteroatoms. The zero-order valence-corrected chi connectivity index (χ0v) is 13.0. The molecule has 116 valence electrons. The maximum atomic E-state index is 12.2. The molecule has 0 saturated heterocycles. The van der Waals surface area contributed by atoms with Crippen molar-refractivity contribution in [3.05, 3.63) is 47.5 Å². The lowest BCUT2D eigenvalue weighted by Crippen LogP contribution is -2.30. The van der Waals surface area contributed by atoms with Crippen LogP contribution in [0.4, 0.5) is 0 Å². The molecule has 1 N–H and O–H groups in total. The van der Waals surface area contributed by atoms with Gasteiger partial charge in [-0.1, -0.05) is 50.1 Å². The largest absolute Gasteiger partial charge is 0.284 e. The van der Waals surface area contributed by atoms with Gasteiger partial charge in [-0.05, 0) is 30.7 Å². The molecule has 0 spiro atoms. The highest BCUT2D eigenvalue weighted by Gasteiger charge is 2.39. The fourth-order valence-electron chi connectivity index (χ4n) is 2.92. The number of amidine groups is 1. The summed E-state index contributed by atoms with van der Waals surface area (Å²) in [6.07, 6.45) is 10.5. The summed E-state index contributed by atoms with van der Waals surface area (Å²) in [5.41, 5.74) is 1.56. The lowest BCUT2D eigenvalue weighted by Gasteiger charge is -2.14. The van der Waals surface area contributed by atoms with E-state index in [1.54, 1.807) is 18.2 Å². The number of hydroxylamine groups is 2. The standard InChI is InChI=1S/C18H22N2O2/c1-2-3-9-18(11-12-18)10-6-13-22-20-16(19)14-7-4-5-8-15(14)17(20)21/h4-8,10,19H,2-3,9,11-13H2,1H3/b10-6+,19-16?. The number of hydrogen-bond acceptors (Lipinski definition) is 3. The average molecular weight is 298 g/mol. The zero-order chi connectivity index (χ0) is 15.6. The first-order chi connectivity index (χ1) is 10.7. The maximum Gasteiger partial charge on any atom is 0.284 e. The SMILES string of the molecule is CCCCC1(/C=C/CON2C(=N)c3ccccc3C2=O)CC1. The van der Waals surface area contributed by atoms with Gasteiger partial charge < -0.3 is 0 Å². The molecule has 1 aliphatic carbocycles. The molecule has 1 heterocycles. The summed E-state index contributed by atoms with van der Waals surface area (Å²) >= 11 is 0. The molecular formula is C18H22N2O2. The fourth-order valence-corrected chi connectivity index (χ4v) is 2.92. The Kier molecular flexibility index (Phi) is 4.12. The Hall–Kier alpha value is -1.94. The van der Waals surface area contributed by atoms with Gasteiger partial charge in [-0.3, -0.25) is 15.0 Å². The molecule has 22 heavy (non-hydrogen) atoms. The fraction of sp³-hybridized carbons (Fsp3) is 0.444. The van der Waals surface area contributed by atoms with Crippen molar-refractivity contribution >= 4 is 11.7 Å². The third kappa shape index (κ3) is 2.83. The highest BCUT2D eigenvalue weighted by Crippen LogP contribution is 2.51. The van der Waals surface area contributed by atoms with Crippen LogP contribution in [0, 0.1) is 10.8 Å². The molecule has 0 atom stereocenters. The first kappa shape index (κ1) is 15.0. The number of carbonyl (C=O) groups excluding carboxylic acids is 1. The molecule has 1 fully saturated rings. The molecule has 1 aromatic rings. The van der Waals surface area contributed by atoms with E-state index in [1.165, 1.54) is 32.1 Å². The summed E-state index contributed by atoms with van der Waals surface area (Å²) < 4.78 is 0. The topological polar surface area (TPSA) is 53.4 Å². The van der Waals surface area contributed by atoms with Crippen molar-refractivity contribution in [1.29, 1.82) is 5.41 Å². The van der Waals surface area contributed by atoms with Gasteiger partial charge in [-0.2, -0.15) is 5.06 Å². The van der Waals surface area contributed by atoms with Gasteiger partial charge in [0.15, 0.2) is 5.84 Å². The first-order valence-electron chi connectivity index (χ1n) is 8.00. The second-order valence-corrected chi connectivity index (χ2v) is 6.16. The molecule has 1 aromatic carbocycles. The first-order valence-corrected chi connectivity index (χ1v) is 8.00. The van der Waals surface area contributed by atoms with Crippen LogP contribution in [0.25, 0.3) is 0 Å². The van der Waals surface area contributed by atoms with E-state index >= 15 is 0 Å². The normalized spacial score (nSPS) is 19.0. The maximum absolute atomic E-state index is 12.2. The molecule has 0 unspecified atom stereocenters. The van der Waals surface area contributed by atoms with Crippen LogP contribution < -0.4 is 0 Å². The third-order valence-electron chi connectivity index (χ3n) is 4.49. The van der Waals surface area contributed by atoms with Crippen molar-refractivity contribution in [1.82, 2.24) is 5.06 Å². The molecule has 2 aliphatic rings. The van der Waals surface area contributed by atoms with Gasteiger partial charge in [0.25, 0.3) is 5.91 Å².